The van der Waals surface area contributed by atoms with Crippen molar-refractivity contribution in [3.05, 3.63) is 46.5 Å². The molecule has 0 bridgehead atoms. The van der Waals surface area contributed by atoms with Gasteiger partial charge in [0.1, 0.15) is 6.61 Å². The van der Waals surface area contributed by atoms with E-state index in [9.17, 15) is 24.9 Å². The average Bonchev–Trinajstić information content (AvgIpc) is 3.44. The molecule has 5 aliphatic rings. The summed E-state index contributed by atoms with van der Waals surface area (Å²) in [4.78, 5) is 24.7. The van der Waals surface area contributed by atoms with E-state index in [1.165, 1.54) is 0 Å². The van der Waals surface area contributed by atoms with Crippen LogP contribution in [0.25, 0.3) is 0 Å². The first kappa shape index (κ1) is 26.9. The highest BCUT2D eigenvalue weighted by atomic mass is 35.5. The van der Waals surface area contributed by atoms with Crippen LogP contribution in [0.3, 0.4) is 0 Å². The number of benzene rings is 1. The quantitative estimate of drug-likeness (QED) is 0.254. The van der Waals surface area contributed by atoms with Gasteiger partial charge in [0.15, 0.2) is 0 Å². The number of hydrogen-bond donors (Lipinski definition) is 4. The second-order valence-corrected chi connectivity index (χ2v) is 13.1. The number of cyclic esters (lactones) is 1. The van der Waals surface area contributed by atoms with Crippen LogP contribution in [0.5, 0.6) is 0 Å². The van der Waals surface area contributed by atoms with Crippen LogP contribution in [-0.4, -0.2) is 57.3 Å². The van der Waals surface area contributed by atoms with E-state index in [4.69, 9.17) is 16.3 Å². The Morgan fingerprint density at radius 1 is 1.10 bits per heavy atom. The Morgan fingerprint density at radius 3 is 2.62 bits per heavy atom. The number of aliphatic hydroxyl groups is 3. The van der Waals surface area contributed by atoms with Gasteiger partial charge in [-0.15, -0.1) is 0 Å². The lowest BCUT2D eigenvalue weighted by Gasteiger charge is -2.65. The highest BCUT2D eigenvalue weighted by Gasteiger charge is 2.71. The summed E-state index contributed by atoms with van der Waals surface area (Å²) in [5.41, 5.74) is 0.526. The molecule has 4 saturated carbocycles. The van der Waals surface area contributed by atoms with Gasteiger partial charge in [0.2, 0.25) is 0 Å². The summed E-state index contributed by atoms with van der Waals surface area (Å²) in [6.07, 6.45) is 7.96. The molecular weight excluding hydrogens is 520 g/mol. The zero-order chi connectivity index (χ0) is 27.6. The molecule has 0 aromatic heterocycles. The van der Waals surface area contributed by atoms with Gasteiger partial charge in [0, 0.05) is 29.5 Å². The van der Waals surface area contributed by atoms with Gasteiger partial charge in [-0.3, -0.25) is 4.79 Å². The molecule has 1 heterocycles. The highest BCUT2D eigenvalue weighted by molar-refractivity contribution is 6.33. The molecule has 9 heteroatoms. The van der Waals surface area contributed by atoms with Gasteiger partial charge in [0.05, 0.1) is 27.9 Å². The first-order chi connectivity index (χ1) is 18.5. The molecule has 0 spiro atoms. The summed E-state index contributed by atoms with van der Waals surface area (Å²) in [6.45, 7) is 2.45. The highest BCUT2D eigenvalue weighted by Crippen LogP contribution is 2.70. The largest absolute Gasteiger partial charge is 0.458 e. The van der Waals surface area contributed by atoms with Crippen molar-refractivity contribution in [3.8, 4) is 0 Å². The summed E-state index contributed by atoms with van der Waals surface area (Å²) in [5.74, 6) is -0.827. The molecule has 8 atom stereocenters. The first-order valence-corrected chi connectivity index (χ1v) is 14.5. The number of carbonyl (C=O) groups is 2. The number of rotatable bonds is 4. The zero-order valence-electron chi connectivity index (χ0n) is 22.2. The van der Waals surface area contributed by atoms with Crippen LogP contribution in [0.4, 0.5) is 0 Å². The second kappa shape index (κ2) is 9.40. The van der Waals surface area contributed by atoms with Gasteiger partial charge >= 0.3 is 5.97 Å². The predicted molar refractivity (Wildman–Crippen MR) is 145 cm³/mol. The Hall–Kier alpha value is -2.26. The number of amides is 1. The molecule has 6 rings (SSSR count). The molecule has 39 heavy (non-hydrogen) atoms. The number of esters is 1. The summed E-state index contributed by atoms with van der Waals surface area (Å²) in [5, 5.41) is 39.8. The number of carbonyl (C=O) groups excluding carboxylic acids is 2. The molecule has 8 nitrogen and oxygen atoms in total. The van der Waals surface area contributed by atoms with Crippen molar-refractivity contribution in [1.82, 2.24) is 5.43 Å². The van der Waals surface area contributed by atoms with Crippen molar-refractivity contribution in [2.24, 2.45) is 33.7 Å². The number of hydrogen-bond acceptors (Lipinski definition) is 7. The number of aliphatic hydroxyl groups excluding tert-OH is 1. The van der Waals surface area contributed by atoms with E-state index < -0.39 is 34.0 Å². The van der Waals surface area contributed by atoms with E-state index in [1.54, 1.807) is 36.6 Å². The Kier molecular flexibility index (Phi) is 6.49. The van der Waals surface area contributed by atoms with Crippen LogP contribution in [-0.2, 0) is 9.53 Å². The molecule has 1 amide bonds. The first-order valence-electron chi connectivity index (χ1n) is 14.1. The molecular formula is C30H37ClN2O6. The monoisotopic (exact) mass is 556 g/mol. The maximum atomic E-state index is 12.8. The van der Waals surface area contributed by atoms with Gasteiger partial charge in [0.25, 0.3) is 5.91 Å². The third-order valence-corrected chi connectivity index (χ3v) is 11.5. The fraction of sp³-hybridized carbons (Fsp3) is 0.633. The van der Waals surface area contributed by atoms with Crippen LogP contribution in [0.2, 0.25) is 5.02 Å². The van der Waals surface area contributed by atoms with E-state index in [-0.39, 0.29) is 30.1 Å². The van der Waals surface area contributed by atoms with Gasteiger partial charge in [-0.05, 0) is 86.8 Å². The molecule has 0 saturated heterocycles. The van der Waals surface area contributed by atoms with E-state index in [2.05, 4.69) is 17.5 Å². The smallest absolute Gasteiger partial charge is 0.331 e. The summed E-state index contributed by atoms with van der Waals surface area (Å²) >= 11 is 6.19. The van der Waals surface area contributed by atoms with Crippen molar-refractivity contribution in [1.29, 1.82) is 0 Å². The molecule has 0 unspecified atom stereocenters. The summed E-state index contributed by atoms with van der Waals surface area (Å²) in [7, 11) is 0. The lowest BCUT2D eigenvalue weighted by Crippen LogP contribution is -2.68. The molecule has 1 aliphatic heterocycles. The van der Waals surface area contributed by atoms with Crippen molar-refractivity contribution < 1.29 is 29.6 Å². The minimum atomic E-state index is -1.19. The van der Waals surface area contributed by atoms with E-state index in [0.29, 0.717) is 49.3 Å². The number of nitrogens with zero attached hydrogens (tertiary/aromatic N) is 1. The third-order valence-electron chi connectivity index (χ3n) is 11.2. The fourth-order valence-corrected chi connectivity index (χ4v) is 9.49. The Labute approximate surface area is 233 Å². The van der Waals surface area contributed by atoms with Crippen molar-refractivity contribution in [2.75, 3.05) is 6.61 Å². The Morgan fingerprint density at radius 2 is 1.87 bits per heavy atom. The number of halogens is 1. The predicted octanol–water partition coefficient (Wildman–Crippen LogP) is 3.77. The molecule has 1 aromatic carbocycles. The molecule has 4 aliphatic carbocycles. The minimum Gasteiger partial charge on any atom is -0.458 e. The molecule has 0 radical (unpaired) electrons. The van der Waals surface area contributed by atoms with Crippen molar-refractivity contribution in [2.45, 2.75) is 82.0 Å². The van der Waals surface area contributed by atoms with Crippen LogP contribution in [0.15, 0.2) is 41.0 Å². The Bertz CT molecular complexity index is 1250. The van der Waals surface area contributed by atoms with Gasteiger partial charge < -0.3 is 20.1 Å². The topological polar surface area (TPSA) is 128 Å². The average molecular weight is 557 g/mol. The number of hydrazone groups is 1. The van der Waals surface area contributed by atoms with Crippen LogP contribution in [0.1, 0.15) is 75.1 Å². The van der Waals surface area contributed by atoms with E-state index in [0.717, 1.165) is 24.8 Å². The van der Waals surface area contributed by atoms with Gasteiger partial charge in [-0.2, -0.15) is 5.10 Å². The lowest BCUT2D eigenvalue weighted by atomic mass is 9.41. The molecule has 1 aromatic rings. The molecule has 4 fully saturated rings. The van der Waals surface area contributed by atoms with E-state index in [1.807, 2.05) is 0 Å². The number of nitrogens with one attached hydrogen (secondary N) is 1. The lowest BCUT2D eigenvalue weighted by molar-refractivity contribution is -0.237. The number of ether oxygens (including phenoxy) is 1. The van der Waals surface area contributed by atoms with Gasteiger partial charge in [-0.1, -0.05) is 30.7 Å². The molecule has 4 N–H and O–H groups in total. The van der Waals surface area contributed by atoms with Crippen LogP contribution in [0, 0.1) is 28.6 Å². The minimum absolute atomic E-state index is 0.0722. The van der Waals surface area contributed by atoms with Crippen LogP contribution < -0.4 is 5.43 Å². The SMILES string of the molecule is C[C@]12CC[C@H]3[C@@H](CC[C@]4(O)C[C@H](O)CC[C@]34/C=N\NC(=O)c3ccccc3Cl)[C@@]1(O)CC[C@H]2C1=CC(=O)OC1. The van der Waals surface area contributed by atoms with Crippen molar-refractivity contribution in [3.63, 3.8) is 0 Å². The van der Waals surface area contributed by atoms with Gasteiger partial charge in [-0.25, -0.2) is 10.2 Å². The Balaban J connectivity index is 1.33. The maximum absolute atomic E-state index is 12.8. The summed E-state index contributed by atoms with van der Waals surface area (Å²) in [6, 6.07) is 6.75. The fourth-order valence-electron chi connectivity index (χ4n) is 9.27. The summed E-state index contributed by atoms with van der Waals surface area (Å²) < 4.78 is 5.23. The van der Waals surface area contributed by atoms with E-state index >= 15 is 0 Å². The third kappa shape index (κ3) is 3.93. The number of fused-ring (bicyclic) bond motifs is 5. The van der Waals surface area contributed by atoms with Crippen molar-refractivity contribution >= 4 is 29.7 Å². The maximum Gasteiger partial charge on any atom is 0.331 e. The second-order valence-electron chi connectivity index (χ2n) is 12.7. The normalized spacial score (nSPS) is 43.3. The standard InChI is InChI=1S/C30H37ClN2O6/c1-27-10-7-22-23(30(27,38)13-9-21(27)18-14-25(35)39-16-18)8-12-29(37)15-19(34)6-11-28(22,29)17-32-33-26(36)20-4-2-3-5-24(20)31/h2-5,14,17,19,21-23,34,37-38H,6-13,15-16H2,1H3,(H,33,36)/b32-17-/t19-,21+,22+,23-,27-,28+,29+,30+/m1/s1. The molecule has 210 valence electrons. The zero-order valence-corrected chi connectivity index (χ0v) is 23.0. The van der Waals surface area contributed by atoms with Crippen LogP contribution >= 0.6 is 11.6 Å².